The van der Waals surface area contributed by atoms with Crippen molar-refractivity contribution in [2.75, 3.05) is 7.11 Å². The van der Waals surface area contributed by atoms with Crippen molar-refractivity contribution in [3.8, 4) is 0 Å². The summed E-state index contributed by atoms with van der Waals surface area (Å²) in [7, 11) is 1.27. The smallest absolute Gasteiger partial charge is 0.438 e. The van der Waals surface area contributed by atoms with Crippen molar-refractivity contribution in [3.63, 3.8) is 0 Å². The van der Waals surface area contributed by atoms with Crippen LogP contribution in [0.1, 0.15) is 12.8 Å². The number of ether oxygens (including phenoxy) is 2. The molecule has 0 radical (unpaired) electrons. The molecule has 0 aliphatic heterocycles. The molecule has 0 spiro atoms. The maximum absolute atomic E-state index is 10.6. The third-order valence-corrected chi connectivity index (χ3v) is 1.33. The van der Waals surface area contributed by atoms with E-state index in [9.17, 15) is 4.79 Å². The van der Waals surface area contributed by atoms with Gasteiger partial charge in [-0.3, -0.25) is 0 Å². The molecule has 3 heteroatoms. The standard InChI is InChI=1S/C9H14O3/c1-4-6-7-8(5-2)12-9(10)11-3/h4-5,8H,1-2,6-7H2,3H3/t8-/m0/s1. The Kier molecular flexibility index (Phi) is 5.79. The van der Waals surface area contributed by atoms with E-state index in [1.54, 1.807) is 12.2 Å². The lowest BCUT2D eigenvalue weighted by Crippen LogP contribution is -2.15. The van der Waals surface area contributed by atoms with E-state index in [-0.39, 0.29) is 6.10 Å². The summed E-state index contributed by atoms with van der Waals surface area (Å²) in [6.07, 6.45) is 3.85. The summed E-state index contributed by atoms with van der Waals surface area (Å²) in [5.41, 5.74) is 0. The first-order chi connectivity index (χ1) is 5.74. The number of methoxy groups -OCH3 is 1. The Bertz CT molecular complexity index is 163. The van der Waals surface area contributed by atoms with Gasteiger partial charge in [0.05, 0.1) is 7.11 Å². The molecule has 0 amide bonds. The van der Waals surface area contributed by atoms with Crippen molar-refractivity contribution in [2.45, 2.75) is 18.9 Å². The van der Waals surface area contributed by atoms with Crippen LogP contribution in [-0.2, 0) is 9.47 Å². The van der Waals surface area contributed by atoms with Gasteiger partial charge in [-0.05, 0) is 12.8 Å². The van der Waals surface area contributed by atoms with Crippen LogP contribution in [0.2, 0.25) is 0 Å². The molecular formula is C9H14O3. The van der Waals surface area contributed by atoms with Crippen LogP contribution in [0, 0.1) is 0 Å². The van der Waals surface area contributed by atoms with Crippen LogP contribution in [0.25, 0.3) is 0 Å². The molecule has 0 heterocycles. The summed E-state index contributed by atoms with van der Waals surface area (Å²) < 4.78 is 9.15. The van der Waals surface area contributed by atoms with Crippen molar-refractivity contribution >= 4 is 6.16 Å². The maximum atomic E-state index is 10.6. The SMILES string of the molecule is C=CCC[C@H](C=C)OC(=O)OC. The summed E-state index contributed by atoms with van der Waals surface area (Å²) >= 11 is 0. The van der Waals surface area contributed by atoms with E-state index < -0.39 is 6.16 Å². The predicted octanol–water partition coefficient (Wildman–Crippen LogP) is 2.29. The predicted molar refractivity (Wildman–Crippen MR) is 46.9 cm³/mol. The molecule has 0 N–H and O–H groups in total. The van der Waals surface area contributed by atoms with Gasteiger partial charge in [0.25, 0.3) is 0 Å². The molecule has 68 valence electrons. The Balaban J connectivity index is 3.73. The van der Waals surface area contributed by atoms with E-state index in [0.29, 0.717) is 6.42 Å². The van der Waals surface area contributed by atoms with Gasteiger partial charge in [0.1, 0.15) is 6.10 Å². The third-order valence-electron chi connectivity index (χ3n) is 1.33. The van der Waals surface area contributed by atoms with Crippen LogP contribution in [0.15, 0.2) is 25.3 Å². The van der Waals surface area contributed by atoms with Gasteiger partial charge in [-0.15, -0.1) is 6.58 Å². The zero-order valence-electron chi connectivity index (χ0n) is 7.29. The van der Waals surface area contributed by atoms with Gasteiger partial charge in [0.2, 0.25) is 0 Å². The van der Waals surface area contributed by atoms with E-state index in [4.69, 9.17) is 4.74 Å². The highest BCUT2D eigenvalue weighted by molar-refractivity contribution is 5.60. The monoisotopic (exact) mass is 170 g/mol. The second-order valence-corrected chi connectivity index (χ2v) is 2.21. The molecule has 0 saturated heterocycles. The Hall–Kier alpha value is -1.25. The van der Waals surface area contributed by atoms with E-state index in [1.165, 1.54) is 7.11 Å². The van der Waals surface area contributed by atoms with Crippen molar-refractivity contribution in [1.29, 1.82) is 0 Å². The number of hydrogen-bond acceptors (Lipinski definition) is 3. The summed E-state index contributed by atoms with van der Waals surface area (Å²) in [5.74, 6) is 0. The van der Waals surface area contributed by atoms with Gasteiger partial charge in [-0.25, -0.2) is 4.79 Å². The zero-order valence-corrected chi connectivity index (χ0v) is 7.29. The third kappa shape index (κ3) is 4.55. The first kappa shape index (κ1) is 10.8. The Morgan fingerprint density at radius 3 is 2.67 bits per heavy atom. The fraction of sp³-hybridized carbons (Fsp3) is 0.444. The Morgan fingerprint density at radius 1 is 1.58 bits per heavy atom. The molecule has 0 aliphatic rings. The highest BCUT2D eigenvalue weighted by Gasteiger charge is 2.09. The van der Waals surface area contributed by atoms with Crippen LogP contribution in [0.5, 0.6) is 0 Å². The number of carbonyl (C=O) groups is 1. The van der Waals surface area contributed by atoms with Crippen LogP contribution in [0.3, 0.4) is 0 Å². The minimum absolute atomic E-state index is 0.282. The molecule has 0 rings (SSSR count). The van der Waals surface area contributed by atoms with Gasteiger partial charge in [0, 0.05) is 0 Å². The molecule has 0 aromatic carbocycles. The molecule has 0 aliphatic carbocycles. The van der Waals surface area contributed by atoms with Crippen LogP contribution in [-0.4, -0.2) is 19.4 Å². The fourth-order valence-electron chi connectivity index (χ4n) is 0.679. The molecule has 0 unspecified atom stereocenters. The van der Waals surface area contributed by atoms with Crippen LogP contribution >= 0.6 is 0 Å². The topological polar surface area (TPSA) is 35.5 Å². The Labute approximate surface area is 72.7 Å². The number of allylic oxidation sites excluding steroid dienone is 1. The van der Waals surface area contributed by atoms with Crippen molar-refractivity contribution in [3.05, 3.63) is 25.3 Å². The van der Waals surface area contributed by atoms with Gasteiger partial charge >= 0.3 is 6.16 Å². The van der Waals surface area contributed by atoms with Crippen molar-refractivity contribution < 1.29 is 14.3 Å². The minimum atomic E-state index is -0.677. The van der Waals surface area contributed by atoms with Gasteiger partial charge in [0.15, 0.2) is 0 Å². The van der Waals surface area contributed by atoms with E-state index >= 15 is 0 Å². The molecule has 12 heavy (non-hydrogen) atoms. The molecule has 0 bridgehead atoms. The summed E-state index contributed by atoms with van der Waals surface area (Å²) in [6, 6.07) is 0. The van der Waals surface area contributed by atoms with Crippen molar-refractivity contribution in [1.82, 2.24) is 0 Å². The second kappa shape index (κ2) is 6.46. The molecular weight excluding hydrogens is 156 g/mol. The summed E-state index contributed by atoms with van der Waals surface area (Å²) in [5, 5.41) is 0. The summed E-state index contributed by atoms with van der Waals surface area (Å²) in [4.78, 5) is 10.6. The molecule has 0 aromatic rings. The fourth-order valence-corrected chi connectivity index (χ4v) is 0.679. The largest absolute Gasteiger partial charge is 0.508 e. The first-order valence-electron chi connectivity index (χ1n) is 3.72. The molecule has 1 atom stereocenters. The van der Waals surface area contributed by atoms with Gasteiger partial charge in [-0.1, -0.05) is 18.7 Å². The lowest BCUT2D eigenvalue weighted by Gasteiger charge is -2.10. The quantitative estimate of drug-likeness (QED) is 0.469. The normalized spacial score (nSPS) is 11.4. The van der Waals surface area contributed by atoms with Gasteiger partial charge < -0.3 is 9.47 Å². The lowest BCUT2D eigenvalue weighted by atomic mass is 10.2. The van der Waals surface area contributed by atoms with Gasteiger partial charge in [-0.2, -0.15) is 0 Å². The maximum Gasteiger partial charge on any atom is 0.508 e. The number of hydrogen-bond donors (Lipinski definition) is 0. The molecule has 0 fully saturated rings. The second-order valence-electron chi connectivity index (χ2n) is 2.21. The highest BCUT2D eigenvalue weighted by atomic mass is 16.7. The van der Waals surface area contributed by atoms with E-state index in [0.717, 1.165) is 6.42 Å². The van der Waals surface area contributed by atoms with Crippen LogP contribution in [0.4, 0.5) is 4.79 Å². The zero-order chi connectivity index (χ0) is 9.40. The molecule has 0 aromatic heterocycles. The molecule has 0 saturated carbocycles. The average Bonchev–Trinajstić information content (AvgIpc) is 2.11. The first-order valence-corrected chi connectivity index (χ1v) is 3.72. The number of rotatable bonds is 5. The lowest BCUT2D eigenvalue weighted by molar-refractivity contribution is 0.0504. The Morgan fingerprint density at radius 2 is 2.25 bits per heavy atom. The van der Waals surface area contributed by atoms with Crippen molar-refractivity contribution in [2.24, 2.45) is 0 Å². The van der Waals surface area contributed by atoms with E-state index in [2.05, 4.69) is 17.9 Å². The number of carbonyl (C=O) groups excluding carboxylic acids is 1. The minimum Gasteiger partial charge on any atom is -0.438 e. The van der Waals surface area contributed by atoms with Crippen LogP contribution < -0.4 is 0 Å². The highest BCUT2D eigenvalue weighted by Crippen LogP contribution is 2.04. The molecule has 3 nitrogen and oxygen atoms in total. The average molecular weight is 170 g/mol. The van der Waals surface area contributed by atoms with E-state index in [1.807, 2.05) is 0 Å². The summed E-state index contributed by atoms with van der Waals surface area (Å²) in [6.45, 7) is 7.09.